The summed E-state index contributed by atoms with van der Waals surface area (Å²) in [4.78, 5) is 25.1. The molecule has 3 aromatic heterocycles. The Balaban J connectivity index is 1.25. The summed E-state index contributed by atoms with van der Waals surface area (Å²) in [6.07, 6.45) is 7.31. The SMILES string of the molecule is Cc1onc(-c2ccccc2)c1C(=O)N1CCC(n2c(C3CCC3)nc3cccnc32)CC1. The molecule has 0 atom stereocenters. The van der Waals surface area contributed by atoms with E-state index >= 15 is 0 Å². The number of benzene rings is 1. The van der Waals surface area contributed by atoms with Crippen LogP contribution in [-0.2, 0) is 0 Å². The van der Waals surface area contributed by atoms with Crippen molar-refractivity contribution in [3.63, 3.8) is 0 Å². The average molecular weight is 442 g/mol. The molecule has 1 saturated heterocycles. The summed E-state index contributed by atoms with van der Waals surface area (Å²) >= 11 is 0. The third-order valence-corrected chi connectivity index (χ3v) is 7.19. The van der Waals surface area contributed by atoms with Gasteiger partial charge < -0.3 is 14.0 Å². The van der Waals surface area contributed by atoms with Gasteiger partial charge in [-0.05, 0) is 44.7 Å². The van der Waals surface area contributed by atoms with Crippen molar-refractivity contribution in [1.29, 1.82) is 0 Å². The number of carbonyl (C=O) groups is 1. The molecule has 168 valence electrons. The maximum absolute atomic E-state index is 13.5. The molecule has 0 unspecified atom stereocenters. The predicted molar refractivity (Wildman–Crippen MR) is 125 cm³/mol. The highest BCUT2D eigenvalue weighted by atomic mass is 16.5. The molecule has 1 amide bonds. The number of imidazole rings is 1. The zero-order chi connectivity index (χ0) is 22.4. The van der Waals surface area contributed by atoms with Crippen LogP contribution in [0.2, 0.25) is 0 Å². The lowest BCUT2D eigenvalue weighted by atomic mass is 9.84. The van der Waals surface area contributed by atoms with Gasteiger partial charge in [0.2, 0.25) is 0 Å². The van der Waals surface area contributed by atoms with Gasteiger partial charge in [-0.3, -0.25) is 4.79 Å². The molecule has 4 aromatic rings. The maximum Gasteiger partial charge on any atom is 0.259 e. The number of rotatable bonds is 4. The van der Waals surface area contributed by atoms with Crippen LogP contribution in [0.5, 0.6) is 0 Å². The third-order valence-electron chi connectivity index (χ3n) is 7.19. The first kappa shape index (κ1) is 20.1. The average Bonchev–Trinajstić information content (AvgIpc) is 3.39. The standard InChI is InChI=1S/C26H27N5O2/c1-17-22(23(29-33-17)18-7-3-2-4-8-18)26(32)30-15-12-20(13-16-30)31-24(19-9-5-10-19)28-21-11-6-14-27-25(21)31/h2-4,6-8,11,14,19-20H,5,9-10,12-13,15-16H2,1H3. The second-order valence-corrected chi connectivity index (χ2v) is 9.17. The van der Waals surface area contributed by atoms with Gasteiger partial charge in [-0.25, -0.2) is 9.97 Å². The number of likely N-dealkylation sites (tertiary alicyclic amines) is 1. The van der Waals surface area contributed by atoms with Gasteiger partial charge >= 0.3 is 0 Å². The summed E-state index contributed by atoms with van der Waals surface area (Å²) in [6, 6.07) is 14.1. The smallest absolute Gasteiger partial charge is 0.259 e. The summed E-state index contributed by atoms with van der Waals surface area (Å²) in [5, 5.41) is 4.20. The number of aryl methyl sites for hydroxylation is 1. The topological polar surface area (TPSA) is 77.0 Å². The largest absolute Gasteiger partial charge is 0.360 e. The molecule has 4 heterocycles. The number of carbonyl (C=O) groups excluding carboxylic acids is 1. The Morgan fingerprint density at radius 1 is 1.03 bits per heavy atom. The van der Waals surface area contributed by atoms with E-state index in [1.807, 2.05) is 54.4 Å². The highest BCUT2D eigenvalue weighted by molar-refractivity contribution is 6.00. The van der Waals surface area contributed by atoms with Crippen molar-refractivity contribution in [3.05, 3.63) is 65.8 Å². The molecule has 1 saturated carbocycles. The number of amides is 1. The van der Waals surface area contributed by atoms with Gasteiger partial charge in [0.1, 0.15) is 28.4 Å². The second-order valence-electron chi connectivity index (χ2n) is 9.17. The van der Waals surface area contributed by atoms with E-state index in [1.54, 1.807) is 0 Å². The van der Waals surface area contributed by atoms with Gasteiger partial charge in [0, 0.05) is 36.8 Å². The van der Waals surface area contributed by atoms with Crippen LogP contribution in [-0.4, -0.2) is 43.6 Å². The molecule has 33 heavy (non-hydrogen) atoms. The van der Waals surface area contributed by atoms with E-state index < -0.39 is 0 Å². The van der Waals surface area contributed by atoms with E-state index in [2.05, 4.69) is 20.8 Å². The molecule has 1 aromatic carbocycles. The molecule has 2 fully saturated rings. The van der Waals surface area contributed by atoms with Crippen molar-refractivity contribution < 1.29 is 9.32 Å². The van der Waals surface area contributed by atoms with Gasteiger partial charge in [0.05, 0.1) is 0 Å². The quantitative estimate of drug-likeness (QED) is 0.438. The molecule has 1 aliphatic carbocycles. The first-order chi connectivity index (χ1) is 16.2. The molecule has 7 nitrogen and oxygen atoms in total. The summed E-state index contributed by atoms with van der Waals surface area (Å²) in [6.45, 7) is 3.20. The fraction of sp³-hybridized carbons (Fsp3) is 0.385. The van der Waals surface area contributed by atoms with Crippen LogP contribution in [0.1, 0.15) is 66.0 Å². The molecule has 7 heteroatoms. The lowest BCUT2D eigenvalue weighted by molar-refractivity contribution is 0.0693. The van der Waals surface area contributed by atoms with E-state index in [0.717, 1.165) is 29.6 Å². The summed E-state index contributed by atoms with van der Waals surface area (Å²) < 4.78 is 7.81. The van der Waals surface area contributed by atoms with Gasteiger partial charge in [-0.15, -0.1) is 0 Å². The Labute approximate surface area is 192 Å². The fourth-order valence-electron chi connectivity index (χ4n) is 5.16. The lowest BCUT2D eigenvalue weighted by Crippen LogP contribution is -2.39. The third kappa shape index (κ3) is 3.43. The van der Waals surface area contributed by atoms with E-state index in [4.69, 9.17) is 9.51 Å². The van der Waals surface area contributed by atoms with Gasteiger partial charge in [0.15, 0.2) is 5.65 Å². The minimum Gasteiger partial charge on any atom is -0.360 e. The molecule has 6 rings (SSSR count). The fourth-order valence-corrected chi connectivity index (χ4v) is 5.16. The Kier molecular flexibility index (Phi) is 4.97. The molecule has 1 aliphatic heterocycles. The van der Waals surface area contributed by atoms with E-state index in [1.165, 1.54) is 25.1 Å². The Morgan fingerprint density at radius 2 is 1.82 bits per heavy atom. The minimum absolute atomic E-state index is 0.00103. The van der Waals surface area contributed by atoms with Crippen LogP contribution in [0.25, 0.3) is 22.4 Å². The van der Waals surface area contributed by atoms with Gasteiger partial charge in [-0.2, -0.15) is 0 Å². The lowest BCUT2D eigenvalue weighted by Gasteiger charge is -2.35. The van der Waals surface area contributed by atoms with Crippen LogP contribution < -0.4 is 0 Å². The zero-order valence-electron chi connectivity index (χ0n) is 18.8. The molecule has 0 spiro atoms. The number of pyridine rings is 1. The Bertz CT molecular complexity index is 1300. The van der Waals surface area contributed by atoms with Crippen LogP contribution in [0.4, 0.5) is 0 Å². The number of hydrogen-bond acceptors (Lipinski definition) is 5. The van der Waals surface area contributed by atoms with E-state index in [0.29, 0.717) is 42.1 Å². The first-order valence-corrected chi connectivity index (χ1v) is 11.8. The van der Waals surface area contributed by atoms with Crippen molar-refractivity contribution in [2.24, 2.45) is 0 Å². The molecule has 0 radical (unpaired) electrons. The van der Waals surface area contributed by atoms with Gasteiger partial charge in [0.25, 0.3) is 5.91 Å². The monoisotopic (exact) mass is 441 g/mol. The van der Waals surface area contributed by atoms with Crippen molar-refractivity contribution in [1.82, 2.24) is 24.6 Å². The van der Waals surface area contributed by atoms with Crippen molar-refractivity contribution in [2.75, 3.05) is 13.1 Å². The maximum atomic E-state index is 13.5. The second kappa shape index (κ2) is 8.14. The van der Waals surface area contributed by atoms with Crippen molar-refractivity contribution in [2.45, 2.75) is 51.0 Å². The van der Waals surface area contributed by atoms with Crippen molar-refractivity contribution in [3.8, 4) is 11.3 Å². The number of aromatic nitrogens is 4. The molecular weight excluding hydrogens is 414 g/mol. The predicted octanol–water partition coefficient (Wildman–Crippen LogP) is 5.14. The van der Waals surface area contributed by atoms with E-state index in [9.17, 15) is 4.79 Å². The number of fused-ring (bicyclic) bond motifs is 1. The highest BCUT2D eigenvalue weighted by Crippen LogP contribution is 2.40. The van der Waals surface area contributed by atoms with Crippen LogP contribution in [0, 0.1) is 6.92 Å². The number of piperidine rings is 1. The van der Waals surface area contributed by atoms with Crippen LogP contribution in [0.15, 0.2) is 53.2 Å². The number of hydrogen-bond donors (Lipinski definition) is 0. The molecule has 2 aliphatic rings. The molecule has 0 bridgehead atoms. The highest BCUT2D eigenvalue weighted by Gasteiger charge is 2.33. The Morgan fingerprint density at radius 3 is 2.55 bits per heavy atom. The normalized spacial score (nSPS) is 17.4. The Hall–Kier alpha value is -3.48. The summed E-state index contributed by atoms with van der Waals surface area (Å²) in [5.74, 6) is 2.28. The molecular formula is C26H27N5O2. The van der Waals surface area contributed by atoms with Crippen LogP contribution >= 0.6 is 0 Å². The van der Waals surface area contributed by atoms with E-state index in [-0.39, 0.29) is 5.91 Å². The van der Waals surface area contributed by atoms with Crippen LogP contribution in [0.3, 0.4) is 0 Å². The minimum atomic E-state index is -0.00103. The van der Waals surface area contributed by atoms with Crippen molar-refractivity contribution >= 4 is 17.1 Å². The summed E-state index contributed by atoms with van der Waals surface area (Å²) in [7, 11) is 0. The summed E-state index contributed by atoms with van der Waals surface area (Å²) in [5.41, 5.74) is 4.05. The zero-order valence-corrected chi connectivity index (χ0v) is 18.8. The first-order valence-electron chi connectivity index (χ1n) is 11.8. The van der Waals surface area contributed by atoms with Gasteiger partial charge in [-0.1, -0.05) is 41.9 Å². The number of nitrogens with zero attached hydrogens (tertiary/aromatic N) is 5. The molecule has 0 N–H and O–H groups in total.